The molecule has 8 aromatic carbocycles. The molecule has 5 aliphatic rings. The quantitative estimate of drug-likeness (QED) is 0.162. The van der Waals surface area contributed by atoms with Crippen molar-refractivity contribution < 1.29 is 0 Å². The molecular formula is C58H45NS. The fraction of sp³-hybridized carbons (Fsp3) is 0.172. The van der Waals surface area contributed by atoms with Crippen LogP contribution in [0.5, 0.6) is 0 Å². The lowest BCUT2D eigenvalue weighted by atomic mass is 9.43. The van der Waals surface area contributed by atoms with Gasteiger partial charge in [0.1, 0.15) is 0 Å². The average molecular weight is 788 g/mol. The molecule has 4 fully saturated rings. The van der Waals surface area contributed by atoms with E-state index in [1.807, 2.05) is 11.3 Å². The van der Waals surface area contributed by atoms with Crippen molar-refractivity contribution in [1.29, 1.82) is 0 Å². The Labute approximate surface area is 356 Å². The number of fused-ring (bicyclic) bond motifs is 6. The molecule has 1 heterocycles. The van der Waals surface area contributed by atoms with Gasteiger partial charge in [-0.3, -0.25) is 0 Å². The van der Waals surface area contributed by atoms with Crippen molar-refractivity contribution in [2.45, 2.75) is 37.5 Å². The van der Waals surface area contributed by atoms with Gasteiger partial charge in [0.2, 0.25) is 0 Å². The van der Waals surface area contributed by atoms with Crippen LogP contribution in [0.3, 0.4) is 0 Å². The molecule has 9 aromatic rings. The summed E-state index contributed by atoms with van der Waals surface area (Å²) in [6.07, 6.45) is 7.10. The molecule has 1 aromatic heterocycles. The van der Waals surface area contributed by atoms with Crippen molar-refractivity contribution in [2.24, 2.45) is 23.7 Å². The molecule has 1 nitrogen and oxygen atoms in total. The summed E-state index contributed by atoms with van der Waals surface area (Å²) in [5, 5.41) is 2.64. The lowest BCUT2D eigenvalue weighted by molar-refractivity contribution is -0.0399. The minimum atomic E-state index is 0.177. The molecule has 0 atom stereocenters. The molecule has 0 radical (unpaired) electrons. The van der Waals surface area contributed by atoms with E-state index in [2.05, 4.69) is 193 Å². The second kappa shape index (κ2) is 13.4. The smallest absolute Gasteiger partial charge is 0.0476 e. The molecule has 0 aliphatic heterocycles. The minimum absolute atomic E-state index is 0.177. The molecule has 5 aliphatic carbocycles. The van der Waals surface area contributed by atoms with Gasteiger partial charge < -0.3 is 4.90 Å². The van der Waals surface area contributed by atoms with Gasteiger partial charge in [0.05, 0.1) is 0 Å². The summed E-state index contributed by atoms with van der Waals surface area (Å²) in [7, 11) is 0. The van der Waals surface area contributed by atoms with Crippen molar-refractivity contribution >= 4 is 48.6 Å². The summed E-state index contributed by atoms with van der Waals surface area (Å²) in [6, 6.07) is 70.9. The molecule has 0 amide bonds. The molecule has 60 heavy (non-hydrogen) atoms. The first kappa shape index (κ1) is 34.6. The van der Waals surface area contributed by atoms with Crippen molar-refractivity contribution in [2.75, 3.05) is 4.90 Å². The molecule has 0 N–H and O–H groups in total. The van der Waals surface area contributed by atoms with E-state index in [-0.39, 0.29) is 5.41 Å². The summed E-state index contributed by atoms with van der Waals surface area (Å²) in [4.78, 5) is 2.45. The van der Waals surface area contributed by atoms with Gasteiger partial charge in [-0.1, -0.05) is 140 Å². The molecule has 0 unspecified atom stereocenters. The van der Waals surface area contributed by atoms with Crippen LogP contribution < -0.4 is 4.90 Å². The van der Waals surface area contributed by atoms with Crippen LogP contribution in [-0.2, 0) is 5.41 Å². The molecule has 4 bridgehead atoms. The Bertz CT molecular complexity index is 3070. The van der Waals surface area contributed by atoms with E-state index in [9.17, 15) is 0 Å². The SMILES string of the molecule is c1ccc(-c2ccc(N(c3ccc(-c4ccc5c(c4)-c4ccccc4C54C5CC6CC(C5)CC4C6)c(-c4ccccc4)c3)c3ccc4c(c3)sc3ccccc34)cc2)cc1. The zero-order valence-electron chi connectivity index (χ0n) is 33.6. The van der Waals surface area contributed by atoms with E-state index in [4.69, 9.17) is 0 Å². The first-order valence-corrected chi connectivity index (χ1v) is 22.8. The first-order valence-electron chi connectivity index (χ1n) is 22.0. The fourth-order valence-corrected chi connectivity index (χ4v) is 14.0. The summed E-state index contributed by atoms with van der Waals surface area (Å²) in [6.45, 7) is 0. The van der Waals surface area contributed by atoms with Crippen LogP contribution in [0, 0.1) is 23.7 Å². The van der Waals surface area contributed by atoms with E-state index in [1.165, 1.54) is 96.8 Å². The van der Waals surface area contributed by atoms with Gasteiger partial charge in [0.25, 0.3) is 0 Å². The van der Waals surface area contributed by atoms with Crippen molar-refractivity contribution in [1.82, 2.24) is 0 Å². The van der Waals surface area contributed by atoms with Gasteiger partial charge in [0, 0.05) is 42.6 Å². The van der Waals surface area contributed by atoms with Gasteiger partial charge in [-0.15, -0.1) is 11.3 Å². The number of rotatable bonds is 6. The third-order valence-electron chi connectivity index (χ3n) is 15.1. The minimum Gasteiger partial charge on any atom is -0.310 e. The Morgan fingerprint density at radius 2 is 0.950 bits per heavy atom. The van der Waals surface area contributed by atoms with Gasteiger partial charge in [0.15, 0.2) is 0 Å². The Kier molecular flexibility index (Phi) is 7.73. The highest BCUT2D eigenvalue weighted by Gasteiger charge is 2.61. The van der Waals surface area contributed by atoms with Crippen molar-refractivity contribution in [3.63, 3.8) is 0 Å². The first-order chi connectivity index (χ1) is 29.7. The van der Waals surface area contributed by atoms with E-state index in [1.54, 1.807) is 11.1 Å². The Morgan fingerprint density at radius 3 is 1.73 bits per heavy atom. The molecule has 14 rings (SSSR count). The van der Waals surface area contributed by atoms with E-state index < -0.39 is 0 Å². The van der Waals surface area contributed by atoms with Crippen LogP contribution in [-0.4, -0.2) is 0 Å². The molecule has 288 valence electrons. The maximum atomic E-state index is 2.57. The number of thiophene rings is 1. The Balaban J connectivity index is 0.973. The van der Waals surface area contributed by atoms with E-state index >= 15 is 0 Å². The van der Waals surface area contributed by atoms with Crippen LogP contribution in [0.25, 0.3) is 64.7 Å². The Hall–Kier alpha value is -6.22. The summed E-state index contributed by atoms with van der Waals surface area (Å²) in [5.74, 6) is 3.41. The normalized spacial score (nSPS) is 22.1. The lowest BCUT2D eigenvalue weighted by Gasteiger charge is -2.61. The van der Waals surface area contributed by atoms with Gasteiger partial charge in [-0.25, -0.2) is 0 Å². The highest BCUT2D eigenvalue weighted by molar-refractivity contribution is 7.25. The van der Waals surface area contributed by atoms with Crippen LogP contribution in [0.2, 0.25) is 0 Å². The topological polar surface area (TPSA) is 3.24 Å². The molecule has 4 saturated carbocycles. The maximum Gasteiger partial charge on any atom is 0.0476 e. The standard InChI is InChI=1S/C58H45NS/c1-3-11-39(12-4-1)40-19-22-45(23-20-40)59(47-25-27-51-50-16-8-10-18-56(50)60-57(51)36-47)46-24-26-48(52(35-46)41-13-5-2-6-14-41)42-21-28-55-53(34-42)49-15-7-9-17-54(49)58(55)43-30-37-29-38(32-43)33-44(58)31-37/h1-28,34-38,43-44H,29-33H2. The monoisotopic (exact) mass is 787 g/mol. The van der Waals surface area contributed by atoms with Crippen LogP contribution in [0.15, 0.2) is 188 Å². The predicted molar refractivity (Wildman–Crippen MR) is 254 cm³/mol. The maximum absolute atomic E-state index is 2.57. The fourth-order valence-electron chi connectivity index (χ4n) is 12.8. The Morgan fingerprint density at radius 1 is 0.367 bits per heavy atom. The summed E-state index contributed by atoms with van der Waals surface area (Å²) >= 11 is 1.88. The number of benzene rings is 8. The van der Waals surface area contributed by atoms with Crippen molar-refractivity contribution in [3.8, 4) is 44.5 Å². The molecular weight excluding hydrogens is 743 g/mol. The van der Waals surface area contributed by atoms with E-state index in [0.717, 1.165) is 40.7 Å². The number of hydrogen-bond donors (Lipinski definition) is 0. The second-order valence-corrected chi connectivity index (χ2v) is 19.2. The predicted octanol–water partition coefficient (Wildman–Crippen LogP) is 16.2. The number of anilines is 3. The van der Waals surface area contributed by atoms with Gasteiger partial charge >= 0.3 is 0 Å². The zero-order valence-corrected chi connectivity index (χ0v) is 34.4. The van der Waals surface area contributed by atoms with E-state index in [0.29, 0.717) is 0 Å². The van der Waals surface area contributed by atoms with Gasteiger partial charge in [-0.2, -0.15) is 0 Å². The molecule has 2 heteroatoms. The summed E-state index contributed by atoms with van der Waals surface area (Å²) < 4.78 is 2.63. The van der Waals surface area contributed by atoms with Crippen LogP contribution in [0.1, 0.15) is 43.2 Å². The highest BCUT2D eigenvalue weighted by Crippen LogP contribution is 2.69. The third kappa shape index (κ3) is 5.17. The largest absolute Gasteiger partial charge is 0.310 e. The lowest BCUT2D eigenvalue weighted by Crippen LogP contribution is -2.55. The number of hydrogen-bond acceptors (Lipinski definition) is 2. The molecule has 1 spiro atoms. The summed E-state index contributed by atoms with van der Waals surface area (Å²) in [5.41, 5.74) is 17.3. The molecule has 0 saturated heterocycles. The van der Waals surface area contributed by atoms with Crippen molar-refractivity contribution in [3.05, 3.63) is 199 Å². The van der Waals surface area contributed by atoms with Crippen LogP contribution in [0.4, 0.5) is 17.1 Å². The average Bonchev–Trinajstić information content (AvgIpc) is 3.82. The highest BCUT2D eigenvalue weighted by atomic mass is 32.1. The van der Waals surface area contributed by atoms with Gasteiger partial charge in [-0.05, 0) is 160 Å². The second-order valence-electron chi connectivity index (χ2n) is 18.1. The zero-order chi connectivity index (χ0) is 39.4. The van der Waals surface area contributed by atoms with Crippen LogP contribution >= 0.6 is 11.3 Å². The third-order valence-corrected chi connectivity index (χ3v) is 16.2. The number of nitrogens with zero attached hydrogens (tertiary/aromatic N) is 1.